The second kappa shape index (κ2) is 6.17. The SMILES string of the molecule is CO[C@H]1CNC[C@@H]1NC(=O)c1cc(C)n(-c2cc(C)on2)c1C. The van der Waals surface area contributed by atoms with E-state index in [1.807, 2.05) is 37.5 Å². The van der Waals surface area contributed by atoms with Gasteiger partial charge in [-0.15, -0.1) is 0 Å². The first-order valence-corrected chi connectivity index (χ1v) is 7.68. The van der Waals surface area contributed by atoms with Crippen LogP contribution in [-0.4, -0.2) is 48.0 Å². The third-order valence-corrected chi connectivity index (χ3v) is 4.30. The molecule has 2 atom stereocenters. The van der Waals surface area contributed by atoms with Crippen LogP contribution in [0, 0.1) is 20.8 Å². The zero-order chi connectivity index (χ0) is 16.6. The Morgan fingerprint density at radius 2 is 2.17 bits per heavy atom. The Hall–Kier alpha value is -2.12. The molecule has 3 rings (SSSR count). The summed E-state index contributed by atoms with van der Waals surface area (Å²) in [5.41, 5.74) is 2.42. The third-order valence-electron chi connectivity index (χ3n) is 4.30. The number of nitrogens with one attached hydrogen (secondary N) is 2. The molecular weight excluding hydrogens is 296 g/mol. The van der Waals surface area contributed by atoms with Crippen LogP contribution < -0.4 is 10.6 Å². The number of aromatic nitrogens is 2. The van der Waals surface area contributed by atoms with Gasteiger partial charge in [0, 0.05) is 37.7 Å². The molecule has 1 fully saturated rings. The number of rotatable bonds is 4. The van der Waals surface area contributed by atoms with Crippen molar-refractivity contribution in [1.82, 2.24) is 20.4 Å². The fourth-order valence-corrected chi connectivity index (χ4v) is 3.10. The zero-order valence-corrected chi connectivity index (χ0v) is 13.8. The Balaban J connectivity index is 1.84. The average molecular weight is 318 g/mol. The number of carbonyl (C=O) groups is 1. The van der Waals surface area contributed by atoms with E-state index in [0.717, 1.165) is 23.7 Å². The summed E-state index contributed by atoms with van der Waals surface area (Å²) in [6, 6.07) is 3.70. The molecule has 23 heavy (non-hydrogen) atoms. The predicted molar refractivity (Wildman–Crippen MR) is 85.0 cm³/mol. The second-order valence-electron chi connectivity index (χ2n) is 5.93. The van der Waals surface area contributed by atoms with Gasteiger partial charge in [-0.2, -0.15) is 0 Å². The Morgan fingerprint density at radius 1 is 1.39 bits per heavy atom. The highest BCUT2D eigenvalue weighted by molar-refractivity contribution is 5.96. The maximum absolute atomic E-state index is 12.6. The number of amides is 1. The molecule has 1 aliphatic heterocycles. The lowest BCUT2D eigenvalue weighted by Crippen LogP contribution is -2.43. The Labute approximate surface area is 135 Å². The fourth-order valence-electron chi connectivity index (χ4n) is 3.10. The van der Waals surface area contributed by atoms with Crippen LogP contribution in [0.2, 0.25) is 0 Å². The highest BCUT2D eigenvalue weighted by atomic mass is 16.5. The van der Waals surface area contributed by atoms with Crippen molar-refractivity contribution in [3.05, 3.63) is 34.8 Å². The molecule has 1 saturated heterocycles. The number of ether oxygens (including phenoxy) is 1. The monoisotopic (exact) mass is 318 g/mol. The largest absolute Gasteiger partial charge is 0.378 e. The molecule has 2 N–H and O–H groups in total. The van der Waals surface area contributed by atoms with Crippen LogP contribution in [0.4, 0.5) is 0 Å². The van der Waals surface area contributed by atoms with Gasteiger partial charge in [-0.3, -0.25) is 9.36 Å². The van der Waals surface area contributed by atoms with Gasteiger partial charge in [0.05, 0.1) is 17.7 Å². The van der Waals surface area contributed by atoms with Crippen LogP contribution >= 0.6 is 0 Å². The first kappa shape index (κ1) is 15.8. The number of methoxy groups -OCH3 is 1. The van der Waals surface area contributed by atoms with E-state index in [2.05, 4.69) is 15.8 Å². The van der Waals surface area contributed by atoms with Crippen LogP contribution in [0.15, 0.2) is 16.7 Å². The van der Waals surface area contributed by atoms with Gasteiger partial charge in [-0.05, 0) is 26.8 Å². The lowest BCUT2D eigenvalue weighted by molar-refractivity contribution is 0.0779. The van der Waals surface area contributed by atoms with Gasteiger partial charge >= 0.3 is 0 Å². The molecule has 2 aromatic heterocycles. The minimum absolute atomic E-state index is 0.000582. The first-order valence-electron chi connectivity index (χ1n) is 7.68. The van der Waals surface area contributed by atoms with Crippen molar-refractivity contribution in [1.29, 1.82) is 0 Å². The van der Waals surface area contributed by atoms with E-state index in [9.17, 15) is 4.79 Å². The van der Waals surface area contributed by atoms with Crippen molar-refractivity contribution in [3.63, 3.8) is 0 Å². The van der Waals surface area contributed by atoms with Gasteiger partial charge in [-0.25, -0.2) is 0 Å². The summed E-state index contributed by atoms with van der Waals surface area (Å²) in [6.45, 7) is 7.16. The summed E-state index contributed by atoms with van der Waals surface area (Å²) in [5, 5.41) is 10.3. The van der Waals surface area contributed by atoms with Gasteiger partial charge in [0.15, 0.2) is 5.82 Å². The lowest BCUT2D eigenvalue weighted by atomic mass is 10.1. The quantitative estimate of drug-likeness (QED) is 0.882. The van der Waals surface area contributed by atoms with Gasteiger partial charge in [0.1, 0.15) is 5.76 Å². The molecule has 0 aromatic carbocycles. The molecule has 124 valence electrons. The van der Waals surface area contributed by atoms with Crippen LogP contribution in [0.3, 0.4) is 0 Å². The van der Waals surface area contributed by atoms with E-state index in [4.69, 9.17) is 9.26 Å². The molecule has 7 heteroatoms. The highest BCUT2D eigenvalue weighted by Gasteiger charge is 2.29. The fraction of sp³-hybridized carbons (Fsp3) is 0.500. The Kier molecular flexibility index (Phi) is 4.23. The predicted octanol–water partition coefficient (Wildman–Crippen LogP) is 1.11. The molecule has 0 saturated carbocycles. The summed E-state index contributed by atoms with van der Waals surface area (Å²) in [6.07, 6.45) is 0.000582. The maximum Gasteiger partial charge on any atom is 0.253 e. The van der Waals surface area contributed by atoms with Gasteiger partial charge in [0.2, 0.25) is 0 Å². The topological polar surface area (TPSA) is 81.3 Å². The van der Waals surface area contributed by atoms with Gasteiger partial charge in [-0.1, -0.05) is 5.16 Å². The molecule has 0 spiro atoms. The molecule has 2 aromatic rings. The smallest absolute Gasteiger partial charge is 0.253 e. The summed E-state index contributed by atoms with van der Waals surface area (Å²) < 4.78 is 12.4. The van der Waals surface area contributed by atoms with Crippen LogP contribution in [0.5, 0.6) is 0 Å². The van der Waals surface area contributed by atoms with Crippen molar-refractivity contribution < 1.29 is 14.1 Å². The molecule has 1 amide bonds. The Morgan fingerprint density at radius 3 is 2.83 bits per heavy atom. The molecule has 7 nitrogen and oxygen atoms in total. The number of aryl methyl sites for hydroxylation is 2. The van der Waals surface area contributed by atoms with Crippen molar-refractivity contribution >= 4 is 5.91 Å². The van der Waals surface area contributed by atoms with E-state index in [0.29, 0.717) is 17.9 Å². The number of carbonyl (C=O) groups excluding carboxylic acids is 1. The average Bonchev–Trinajstić information content (AvgIpc) is 3.19. The summed E-state index contributed by atoms with van der Waals surface area (Å²) in [7, 11) is 1.66. The van der Waals surface area contributed by atoms with E-state index in [-0.39, 0.29) is 18.1 Å². The van der Waals surface area contributed by atoms with E-state index in [1.165, 1.54) is 0 Å². The number of hydrogen-bond donors (Lipinski definition) is 2. The number of nitrogens with zero attached hydrogens (tertiary/aromatic N) is 2. The third kappa shape index (κ3) is 2.89. The molecule has 3 heterocycles. The van der Waals surface area contributed by atoms with Gasteiger partial charge < -0.3 is 19.9 Å². The molecule has 0 bridgehead atoms. The molecule has 0 aliphatic carbocycles. The van der Waals surface area contributed by atoms with Crippen LogP contribution in [-0.2, 0) is 4.74 Å². The van der Waals surface area contributed by atoms with E-state index >= 15 is 0 Å². The van der Waals surface area contributed by atoms with E-state index < -0.39 is 0 Å². The van der Waals surface area contributed by atoms with Crippen LogP contribution in [0.25, 0.3) is 5.82 Å². The van der Waals surface area contributed by atoms with Crippen molar-refractivity contribution in [3.8, 4) is 5.82 Å². The summed E-state index contributed by atoms with van der Waals surface area (Å²) in [5.74, 6) is 1.33. The van der Waals surface area contributed by atoms with Crippen molar-refractivity contribution in [2.75, 3.05) is 20.2 Å². The maximum atomic E-state index is 12.6. The normalized spacial score (nSPS) is 20.9. The molecule has 0 radical (unpaired) electrons. The van der Waals surface area contributed by atoms with Gasteiger partial charge in [0.25, 0.3) is 5.91 Å². The standard InChI is InChI=1S/C16H22N4O3/c1-9-5-12(11(3)20(9)15-6-10(2)23-19-15)16(21)18-13-7-17-8-14(13)22-4/h5-6,13-14,17H,7-8H2,1-4H3,(H,18,21)/t13-,14-/m0/s1. The van der Waals surface area contributed by atoms with Crippen molar-refractivity contribution in [2.24, 2.45) is 0 Å². The molecule has 0 unspecified atom stereocenters. The lowest BCUT2D eigenvalue weighted by Gasteiger charge is -2.18. The highest BCUT2D eigenvalue weighted by Crippen LogP contribution is 2.21. The van der Waals surface area contributed by atoms with E-state index in [1.54, 1.807) is 7.11 Å². The summed E-state index contributed by atoms with van der Waals surface area (Å²) in [4.78, 5) is 12.6. The Bertz CT molecular complexity index is 719. The molecular formula is C16H22N4O3. The second-order valence-corrected chi connectivity index (χ2v) is 5.93. The first-order chi connectivity index (χ1) is 11.0. The summed E-state index contributed by atoms with van der Waals surface area (Å²) >= 11 is 0. The number of hydrogen-bond acceptors (Lipinski definition) is 5. The minimum Gasteiger partial charge on any atom is -0.378 e. The van der Waals surface area contributed by atoms with Crippen LogP contribution in [0.1, 0.15) is 27.5 Å². The minimum atomic E-state index is -0.0969. The molecule has 1 aliphatic rings. The van der Waals surface area contributed by atoms with Crippen molar-refractivity contribution in [2.45, 2.75) is 32.9 Å². The zero-order valence-electron chi connectivity index (χ0n) is 13.8.